The Balaban J connectivity index is 2.70. The van der Waals surface area contributed by atoms with Gasteiger partial charge in [0.05, 0.1) is 13.0 Å². The fourth-order valence-electron chi connectivity index (χ4n) is 1.45. The van der Waals surface area contributed by atoms with Crippen LogP contribution in [0.5, 0.6) is 0 Å². The van der Waals surface area contributed by atoms with E-state index in [-0.39, 0.29) is 5.91 Å². The van der Waals surface area contributed by atoms with Crippen molar-refractivity contribution in [2.75, 3.05) is 25.8 Å². The highest BCUT2D eigenvalue weighted by atomic mass is 32.2. The van der Waals surface area contributed by atoms with Crippen molar-refractivity contribution in [1.29, 1.82) is 0 Å². The van der Waals surface area contributed by atoms with Crippen molar-refractivity contribution >= 4 is 23.8 Å². The third kappa shape index (κ3) is 3.78. The quantitative estimate of drug-likeness (QED) is 0.712. The summed E-state index contributed by atoms with van der Waals surface area (Å²) in [4.78, 5) is 30.2. The summed E-state index contributed by atoms with van der Waals surface area (Å²) >= 11 is 1.52. The molecule has 18 heavy (non-hydrogen) atoms. The molecule has 0 aliphatic carbocycles. The summed E-state index contributed by atoms with van der Waals surface area (Å²) in [6, 6.07) is -0.519. The molecule has 104 valence electrons. The molecule has 0 aromatic heterocycles. The first kappa shape index (κ1) is 15.1. The summed E-state index contributed by atoms with van der Waals surface area (Å²) < 4.78 is 5.28. The molecule has 1 rings (SSSR count). The van der Waals surface area contributed by atoms with Crippen LogP contribution < -0.4 is 0 Å². The number of likely N-dealkylation sites (N-methyl/N-ethyl adjacent to an activating group) is 1. The number of amides is 2. The Hall–Kier alpha value is -0.950. The van der Waals surface area contributed by atoms with Crippen molar-refractivity contribution in [1.82, 2.24) is 9.96 Å². The van der Waals surface area contributed by atoms with Gasteiger partial charge < -0.3 is 4.74 Å². The van der Waals surface area contributed by atoms with Crippen LogP contribution in [-0.4, -0.2) is 59.4 Å². The van der Waals surface area contributed by atoms with Crippen LogP contribution >= 0.6 is 11.8 Å². The van der Waals surface area contributed by atoms with Gasteiger partial charge in [0.2, 0.25) is 0 Å². The number of hydrogen-bond donors (Lipinski definition) is 0. The highest BCUT2D eigenvalue weighted by molar-refractivity contribution is 7.99. The number of ether oxygens (including phenoxy) is 1. The fraction of sp³-hybridized carbons (Fsp3) is 0.818. The molecule has 0 N–H and O–H groups in total. The van der Waals surface area contributed by atoms with Crippen molar-refractivity contribution in [3.05, 3.63) is 0 Å². The standard InChI is InChI=1S/C11H20N2O4S/c1-11(2,3)17-10(15)13-7-18-6-8(13)9(14)12(4)16-5/h8H,6-7H2,1-5H3. The number of hydroxylamine groups is 2. The molecule has 0 spiro atoms. The van der Waals surface area contributed by atoms with Gasteiger partial charge in [-0.1, -0.05) is 0 Å². The van der Waals surface area contributed by atoms with E-state index in [2.05, 4.69) is 0 Å². The van der Waals surface area contributed by atoms with Crippen molar-refractivity contribution in [2.45, 2.75) is 32.4 Å². The topological polar surface area (TPSA) is 59.1 Å². The van der Waals surface area contributed by atoms with E-state index in [0.717, 1.165) is 5.06 Å². The largest absolute Gasteiger partial charge is 0.444 e. The van der Waals surface area contributed by atoms with Crippen LogP contribution in [0.3, 0.4) is 0 Å². The molecule has 1 aliphatic heterocycles. The van der Waals surface area contributed by atoms with E-state index < -0.39 is 17.7 Å². The smallest absolute Gasteiger partial charge is 0.411 e. The average molecular weight is 276 g/mol. The third-order valence-corrected chi connectivity index (χ3v) is 3.39. The highest BCUT2D eigenvalue weighted by Gasteiger charge is 2.38. The number of rotatable bonds is 2. The summed E-state index contributed by atoms with van der Waals surface area (Å²) in [6.07, 6.45) is -0.463. The van der Waals surface area contributed by atoms with E-state index in [4.69, 9.17) is 9.57 Å². The minimum atomic E-state index is -0.564. The molecule has 1 heterocycles. The highest BCUT2D eigenvalue weighted by Crippen LogP contribution is 2.24. The number of thioether (sulfide) groups is 1. The second-order valence-corrected chi connectivity index (χ2v) is 5.98. The molecule has 1 fully saturated rings. The first-order valence-electron chi connectivity index (χ1n) is 5.65. The van der Waals surface area contributed by atoms with Gasteiger partial charge in [0, 0.05) is 12.8 Å². The number of carbonyl (C=O) groups is 2. The summed E-state index contributed by atoms with van der Waals surface area (Å²) in [5.41, 5.74) is -0.564. The third-order valence-electron chi connectivity index (χ3n) is 2.38. The van der Waals surface area contributed by atoms with E-state index >= 15 is 0 Å². The molecule has 2 amide bonds. The molecule has 6 nitrogen and oxygen atoms in total. The molecule has 0 aromatic rings. The molecular formula is C11H20N2O4S. The van der Waals surface area contributed by atoms with Crippen LogP contribution in [0.25, 0.3) is 0 Å². The first-order chi connectivity index (χ1) is 8.26. The average Bonchev–Trinajstić information content (AvgIpc) is 2.73. The lowest BCUT2D eigenvalue weighted by molar-refractivity contribution is -0.172. The van der Waals surface area contributed by atoms with Gasteiger partial charge in [0.1, 0.15) is 11.6 Å². The molecule has 0 saturated carbocycles. The van der Waals surface area contributed by atoms with Gasteiger partial charge >= 0.3 is 6.09 Å². The molecule has 7 heteroatoms. The predicted molar refractivity (Wildman–Crippen MR) is 69.0 cm³/mol. The minimum Gasteiger partial charge on any atom is -0.444 e. The van der Waals surface area contributed by atoms with E-state index in [1.165, 1.54) is 30.8 Å². The van der Waals surface area contributed by atoms with Crippen LogP contribution in [0.2, 0.25) is 0 Å². The molecule has 1 atom stereocenters. The zero-order valence-corrected chi connectivity index (χ0v) is 12.2. The Morgan fingerprint density at radius 3 is 2.50 bits per heavy atom. The van der Waals surface area contributed by atoms with E-state index in [9.17, 15) is 9.59 Å². The van der Waals surface area contributed by atoms with Gasteiger partial charge in [-0.05, 0) is 20.8 Å². The summed E-state index contributed by atoms with van der Waals surface area (Å²) in [5.74, 6) is 0.780. The zero-order valence-electron chi connectivity index (χ0n) is 11.4. The second-order valence-electron chi connectivity index (χ2n) is 4.98. The molecule has 1 unspecified atom stereocenters. The van der Waals surface area contributed by atoms with Gasteiger partial charge in [0.25, 0.3) is 5.91 Å². The molecule has 1 saturated heterocycles. The van der Waals surface area contributed by atoms with Crippen LogP contribution in [-0.2, 0) is 14.4 Å². The maximum Gasteiger partial charge on any atom is 0.411 e. The van der Waals surface area contributed by atoms with Crippen LogP contribution in [0.15, 0.2) is 0 Å². The zero-order chi connectivity index (χ0) is 13.9. The minimum absolute atomic E-state index is 0.242. The van der Waals surface area contributed by atoms with E-state index in [1.54, 1.807) is 20.8 Å². The summed E-state index contributed by atoms with van der Waals surface area (Å²) in [6.45, 7) is 5.39. The van der Waals surface area contributed by atoms with Crippen molar-refractivity contribution < 1.29 is 19.2 Å². The fourth-order valence-corrected chi connectivity index (χ4v) is 2.58. The van der Waals surface area contributed by atoms with Crippen molar-refractivity contribution in [2.24, 2.45) is 0 Å². The maximum absolute atomic E-state index is 12.0. The monoisotopic (exact) mass is 276 g/mol. The van der Waals surface area contributed by atoms with Gasteiger partial charge in [-0.15, -0.1) is 11.8 Å². The summed E-state index contributed by atoms with van der Waals surface area (Å²) in [5, 5.41) is 1.13. The lowest BCUT2D eigenvalue weighted by Gasteiger charge is -2.28. The van der Waals surface area contributed by atoms with Gasteiger partial charge in [-0.25, -0.2) is 9.86 Å². The molecule has 1 aliphatic rings. The number of nitrogens with zero attached hydrogens (tertiary/aromatic N) is 2. The van der Waals surface area contributed by atoms with Crippen LogP contribution in [0.4, 0.5) is 4.79 Å². The van der Waals surface area contributed by atoms with Crippen molar-refractivity contribution in [3.8, 4) is 0 Å². The summed E-state index contributed by atoms with van der Waals surface area (Å²) in [7, 11) is 2.94. The Morgan fingerprint density at radius 1 is 1.39 bits per heavy atom. The Kier molecular flexibility index (Phi) is 4.86. The SMILES string of the molecule is CON(C)C(=O)C1CSCN1C(=O)OC(C)(C)C. The molecule has 0 aromatic carbocycles. The van der Waals surface area contributed by atoms with Crippen LogP contribution in [0.1, 0.15) is 20.8 Å². The Morgan fingerprint density at radius 2 is 2.00 bits per heavy atom. The van der Waals surface area contributed by atoms with Gasteiger partial charge in [-0.3, -0.25) is 14.5 Å². The second kappa shape index (κ2) is 5.79. The Labute approximate surface area is 112 Å². The van der Waals surface area contributed by atoms with Crippen LogP contribution in [0, 0.1) is 0 Å². The van der Waals surface area contributed by atoms with Gasteiger partial charge in [-0.2, -0.15) is 0 Å². The van der Waals surface area contributed by atoms with E-state index in [1.807, 2.05) is 0 Å². The Bertz CT molecular complexity index is 329. The lowest BCUT2D eigenvalue weighted by Crippen LogP contribution is -2.48. The van der Waals surface area contributed by atoms with Crippen molar-refractivity contribution in [3.63, 3.8) is 0 Å². The normalized spacial score (nSPS) is 19.8. The number of carbonyl (C=O) groups excluding carboxylic acids is 2. The maximum atomic E-state index is 12.0. The van der Waals surface area contributed by atoms with Gasteiger partial charge in [0.15, 0.2) is 0 Å². The lowest BCUT2D eigenvalue weighted by atomic mass is 10.2. The molecule has 0 radical (unpaired) electrons. The first-order valence-corrected chi connectivity index (χ1v) is 6.81. The van der Waals surface area contributed by atoms with E-state index in [0.29, 0.717) is 11.6 Å². The predicted octanol–water partition coefficient (Wildman–Crippen LogP) is 1.32. The number of hydrogen-bond acceptors (Lipinski definition) is 5. The molecular weight excluding hydrogens is 256 g/mol. The molecule has 0 bridgehead atoms.